The van der Waals surface area contributed by atoms with Crippen LogP contribution in [0.2, 0.25) is 0 Å². The number of benzene rings is 1. The van der Waals surface area contributed by atoms with Crippen molar-refractivity contribution < 1.29 is 0 Å². The van der Waals surface area contributed by atoms with Gasteiger partial charge in [-0.05, 0) is 11.6 Å². The molecule has 0 aliphatic rings. The smallest absolute Gasteiger partial charge is 0.110 e. The molecule has 0 amide bonds. The first-order valence-electron chi connectivity index (χ1n) is 4.76. The molecule has 0 atom stereocenters. The maximum atomic E-state index is 5.51. The van der Waals surface area contributed by atoms with Crippen LogP contribution in [0.25, 0.3) is 0 Å². The van der Waals surface area contributed by atoms with Gasteiger partial charge >= 0.3 is 0 Å². The second-order valence-corrected chi connectivity index (χ2v) is 4.18. The number of aromatic amines is 1. The third kappa shape index (κ3) is 2.46. The van der Waals surface area contributed by atoms with E-state index in [0.717, 1.165) is 22.4 Å². The highest BCUT2D eigenvalue weighted by atomic mass is 79.9. The van der Waals surface area contributed by atoms with E-state index < -0.39 is 0 Å². The van der Waals surface area contributed by atoms with Crippen LogP contribution in [0.1, 0.15) is 17.1 Å². The number of nitrogens with zero attached hydrogens (tertiary/aromatic N) is 1. The van der Waals surface area contributed by atoms with Crippen molar-refractivity contribution >= 4 is 15.9 Å². The van der Waals surface area contributed by atoms with Crippen LogP contribution in [0.15, 0.2) is 34.9 Å². The maximum Gasteiger partial charge on any atom is 0.110 e. The zero-order valence-corrected chi connectivity index (χ0v) is 9.79. The zero-order chi connectivity index (χ0) is 10.7. The van der Waals surface area contributed by atoms with Gasteiger partial charge in [0.25, 0.3) is 0 Å². The predicted molar refractivity (Wildman–Crippen MR) is 63.4 cm³/mol. The summed E-state index contributed by atoms with van der Waals surface area (Å²) in [7, 11) is 0. The Hall–Kier alpha value is -1.13. The minimum atomic E-state index is 0.503. The summed E-state index contributed by atoms with van der Waals surface area (Å²) in [6.45, 7) is 0.503. The molecule has 0 saturated carbocycles. The van der Waals surface area contributed by atoms with Crippen LogP contribution in [0, 0.1) is 0 Å². The summed E-state index contributed by atoms with van der Waals surface area (Å²) in [6, 6.07) is 8.13. The number of nitrogens with one attached hydrogen (secondary N) is 1. The fourth-order valence-electron chi connectivity index (χ4n) is 1.42. The van der Waals surface area contributed by atoms with E-state index in [1.54, 1.807) is 6.20 Å². The highest BCUT2D eigenvalue weighted by molar-refractivity contribution is 9.10. The lowest BCUT2D eigenvalue weighted by Gasteiger charge is -2.01. The standard InChI is InChI=1S/C11H12BrN3/c12-10-4-2-1-3-8(10)5-11-14-7-9(6-13)15-11/h1-4,7H,5-6,13H2,(H,14,15). The van der Waals surface area contributed by atoms with Gasteiger partial charge in [-0.2, -0.15) is 0 Å². The number of halogens is 1. The highest BCUT2D eigenvalue weighted by Crippen LogP contribution is 2.18. The zero-order valence-electron chi connectivity index (χ0n) is 8.20. The van der Waals surface area contributed by atoms with Crippen LogP contribution in [0.5, 0.6) is 0 Å². The summed E-state index contributed by atoms with van der Waals surface area (Å²) in [5, 5.41) is 0. The van der Waals surface area contributed by atoms with E-state index >= 15 is 0 Å². The Morgan fingerprint density at radius 3 is 2.80 bits per heavy atom. The monoisotopic (exact) mass is 265 g/mol. The fraction of sp³-hybridized carbons (Fsp3) is 0.182. The summed E-state index contributed by atoms with van der Waals surface area (Å²) in [6.07, 6.45) is 2.58. The minimum Gasteiger partial charge on any atom is -0.345 e. The third-order valence-corrected chi connectivity index (χ3v) is 2.99. The molecule has 0 saturated heterocycles. The van der Waals surface area contributed by atoms with Crippen LogP contribution in [0.4, 0.5) is 0 Å². The minimum absolute atomic E-state index is 0.503. The molecule has 0 radical (unpaired) electrons. The van der Waals surface area contributed by atoms with E-state index in [4.69, 9.17) is 5.73 Å². The van der Waals surface area contributed by atoms with Gasteiger partial charge in [-0.25, -0.2) is 4.98 Å². The van der Waals surface area contributed by atoms with E-state index in [0.29, 0.717) is 6.54 Å². The van der Waals surface area contributed by atoms with E-state index in [2.05, 4.69) is 32.0 Å². The molecule has 0 fully saturated rings. The number of hydrogen-bond donors (Lipinski definition) is 2. The number of imidazole rings is 1. The van der Waals surface area contributed by atoms with Gasteiger partial charge in [0, 0.05) is 29.3 Å². The lowest BCUT2D eigenvalue weighted by molar-refractivity contribution is 0.966. The Labute approximate surface area is 96.9 Å². The largest absolute Gasteiger partial charge is 0.345 e. The van der Waals surface area contributed by atoms with Gasteiger partial charge in [-0.15, -0.1) is 0 Å². The van der Waals surface area contributed by atoms with E-state index in [-0.39, 0.29) is 0 Å². The Kier molecular flexibility index (Phi) is 3.18. The molecule has 0 spiro atoms. The third-order valence-electron chi connectivity index (χ3n) is 2.22. The topological polar surface area (TPSA) is 54.7 Å². The van der Waals surface area contributed by atoms with E-state index in [1.165, 1.54) is 5.56 Å². The van der Waals surface area contributed by atoms with Crippen molar-refractivity contribution in [1.82, 2.24) is 9.97 Å². The molecule has 3 N–H and O–H groups in total. The first-order valence-corrected chi connectivity index (χ1v) is 5.55. The van der Waals surface area contributed by atoms with Gasteiger partial charge in [-0.1, -0.05) is 34.1 Å². The summed E-state index contributed by atoms with van der Waals surface area (Å²) in [5.74, 6) is 0.947. The average Bonchev–Trinajstić information content (AvgIpc) is 2.69. The van der Waals surface area contributed by atoms with Crippen molar-refractivity contribution in [3.05, 3.63) is 52.0 Å². The Morgan fingerprint density at radius 1 is 1.33 bits per heavy atom. The fourth-order valence-corrected chi connectivity index (χ4v) is 1.85. The highest BCUT2D eigenvalue weighted by Gasteiger charge is 2.03. The first kappa shape index (κ1) is 10.4. The number of H-pyrrole nitrogens is 1. The molecule has 0 bridgehead atoms. The Balaban J connectivity index is 2.18. The molecule has 0 aliphatic heterocycles. The Morgan fingerprint density at radius 2 is 2.13 bits per heavy atom. The van der Waals surface area contributed by atoms with Gasteiger partial charge in [0.1, 0.15) is 5.82 Å². The van der Waals surface area contributed by atoms with Crippen molar-refractivity contribution in [1.29, 1.82) is 0 Å². The van der Waals surface area contributed by atoms with Gasteiger partial charge in [0.2, 0.25) is 0 Å². The van der Waals surface area contributed by atoms with Crippen LogP contribution in [-0.4, -0.2) is 9.97 Å². The van der Waals surface area contributed by atoms with Crippen LogP contribution in [-0.2, 0) is 13.0 Å². The van der Waals surface area contributed by atoms with Gasteiger partial charge in [0.05, 0.1) is 0 Å². The first-order chi connectivity index (χ1) is 7.29. The summed E-state index contributed by atoms with van der Waals surface area (Å²) in [5.41, 5.74) is 7.69. The average molecular weight is 266 g/mol. The van der Waals surface area contributed by atoms with Gasteiger partial charge < -0.3 is 10.7 Å². The second kappa shape index (κ2) is 4.59. The van der Waals surface area contributed by atoms with Crippen molar-refractivity contribution in [3.8, 4) is 0 Å². The van der Waals surface area contributed by atoms with Crippen molar-refractivity contribution in [2.24, 2.45) is 5.73 Å². The van der Waals surface area contributed by atoms with Crippen LogP contribution in [0.3, 0.4) is 0 Å². The molecule has 3 nitrogen and oxygen atoms in total. The lowest BCUT2D eigenvalue weighted by atomic mass is 10.1. The molecule has 15 heavy (non-hydrogen) atoms. The van der Waals surface area contributed by atoms with Crippen LogP contribution < -0.4 is 5.73 Å². The predicted octanol–water partition coefficient (Wildman–Crippen LogP) is 2.22. The molecule has 1 heterocycles. The molecule has 2 rings (SSSR count). The number of nitrogens with two attached hydrogens (primary N) is 1. The lowest BCUT2D eigenvalue weighted by Crippen LogP contribution is -1.97. The summed E-state index contributed by atoms with van der Waals surface area (Å²) in [4.78, 5) is 7.45. The molecule has 1 aromatic carbocycles. The number of hydrogen-bond acceptors (Lipinski definition) is 2. The second-order valence-electron chi connectivity index (χ2n) is 3.33. The van der Waals surface area contributed by atoms with Gasteiger partial charge in [0.15, 0.2) is 0 Å². The van der Waals surface area contributed by atoms with Crippen molar-refractivity contribution in [3.63, 3.8) is 0 Å². The SMILES string of the molecule is NCc1cnc(Cc2ccccc2Br)[nH]1. The van der Waals surface area contributed by atoms with Crippen molar-refractivity contribution in [2.75, 3.05) is 0 Å². The molecular weight excluding hydrogens is 254 g/mol. The molecule has 4 heteroatoms. The van der Waals surface area contributed by atoms with Gasteiger partial charge in [-0.3, -0.25) is 0 Å². The van der Waals surface area contributed by atoms with Crippen molar-refractivity contribution in [2.45, 2.75) is 13.0 Å². The van der Waals surface area contributed by atoms with Crippen LogP contribution >= 0.6 is 15.9 Å². The van der Waals surface area contributed by atoms with E-state index in [1.807, 2.05) is 18.2 Å². The maximum absolute atomic E-state index is 5.51. The quantitative estimate of drug-likeness (QED) is 0.895. The molecule has 0 aliphatic carbocycles. The number of rotatable bonds is 3. The summed E-state index contributed by atoms with van der Waals surface area (Å²) < 4.78 is 1.11. The normalized spacial score (nSPS) is 10.5. The van der Waals surface area contributed by atoms with E-state index in [9.17, 15) is 0 Å². The molecule has 2 aromatic rings. The molecule has 0 unspecified atom stereocenters. The molecular formula is C11H12BrN3. The molecule has 78 valence electrons. The molecule has 1 aromatic heterocycles. The Bertz CT molecular complexity index is 451. The summed E-state index contributed by atoms with van der Waals surface area (Å²) >= 11 is 3.51. The number of aromatic nitrogens is 2.